The Labute approximate surface area is 85.3 Å². The van der Waals surface area contributed by atoms with Gasteiger partial charge in [-0.2, -0.15) is 0 Å². The summed E-state index contributed by atoms with van der Waals surface area (Å²) >= 11 is 5.92. The highest BCUT2D eigenvalue weighted by Crippen LogP contribution is 2.30. The normalized spacial score (nSPS) is 9.83. The van der Waals surface area contributed by atoms with Gasteiger partial charge in [-0.1, -0.05) is 37.6 Å². The summed E-state index contributed by atoms with van der Waals surface area (Å²) < 4.78 is 0.489. The minimum absolute atomic E-state index is 0.0772. The highest BCUT2D eigenvalue weighted by molar-refractivity contribution is 9.11. The molecule has 0 heterocycles. The zero-order chi connectivity index (χ0) is 9.30. The molecule has 3 nitrogen and oxygen atoms in total. The van der Waals surface area contributed by atoms with Gasteiger partial charge in [-0.25, -0.2) is 4.79 Å². The summed E-state index contributed by atoms with van der Waals surface area (Å²) in [4.78, 5) is 10.5. The van der Waals surface area contributed by atoms with Gasteiger partial charge >= 0.3 is 5.97 Å². The van der Waals surface area contributed by atoms with Crippen LogP contribution < -0.4 is 5.11 Å². The highest BCUT2D eigenvalue weighted by atomic mass is 79.9. The van der Waals surface area contributed by atoms with Gasteiger partial charge in [0, 0.05) is 8.95 Å². The summed E-state index contributed by atoms with van der Waals surface area (Å²) in [6, 6.07) is 2.55. The molecule has 64 valence electrons. The maximum atomic E-state index is 11.1. The quantitative estimate of drug-likeness (QED) is 0.861. The Balaban J connectivity index is 3.31. The van der Waals surface area contributed by atoms with Crippen molar-refractivity contribution in [3.63, 3.8) is 0 Å². The van der Waals surface area contributed by atoms with Crippen molar-refractivity contribution in [2.24, 2.45) is 0 Å². The number of halogens is 2. The van der Waals surface area contributed by atoms with Gasteiger partial charge in [-0.05, 0) is 12.1 Å². The zero-order valence-corrected chi connectivity index (χ0v) is 8.85. The summed E-state index contributed by atoms with van der Waals surface area (Å²) in [7, 11) is 0. The molecular formula is C7H3Br2O3-. The molecule has 0 aliphatic heterocycles. The van der Waals surface area contributed by atoms with E-state index in [2.05, 4.69) is 31.9 Å². The molecule has 1 N–H and O–H groups in total. The second-order valence-electron chi connectivity index (χ2n) is 2.07. The molecule has 5 heteroatoms. The Morgan fingerprint density at radius 2 is 1.75 bits per heavy atom. The van der Waals surface area contributed by atoms with Gasteiger partial charge in [-0.3, -0.25) is 0 Å². The monoisotopic (exact) mass is 293 g/mol. The average Bonchev–Trinajstić information content (AvgIpc) is 1.99. The molecule has 1 rings (SSSR count). The van der Waals surface area contributed by atoms with Crippen LogP contribution in [0.3, 0.4) is 0 Å². The van der Waals surface area contributed by atoms with Gasteiger partial charge < -0.3 is 10.2 Å². The average molecular weight is 295 g/mol. The van der Waals surface area contributed by atoms with Crippen LogP contribution in [0.1, 0.15) is 10.4 Å². The van der Waals surface area contributed by atoms with Gasteiger partial charge in [0.15, 0.2) is 0 Å². The third kappa shape index (κ3) is 1.78. The fourth-order valence-electron chi connectivity index (χ4n) is 0.683. The number of aromatic carboxylic acids is 1. The van der Waals surface area contributed by atoms with Gasteiger partial charge in [-0.15, -0.1) is 0 Å². The number of rotatable bonds is 1. The van der Waals surface area contributed by atoms with Crippen LogP contribution in [0.25, 0.3) is 0 Å². The van der Waals surface area contributed by atoms with E-state index in [0.29, 0.717) is 0 Å². The first-order valence-electron chi connectivity index (χ1n) is 2.91. The third-order valence-corrected chi connectivity index (χ3v) is 2.42. The molecule has 0 saturated heterocycles. The van der Waals surface area contributed by atoms with Crippen LogP contribution in [0.4, 0.5) is 0 Å². The van der Waals surface area contributed by atoms with E-state index in [1.807, 2.05) is 0 Å². The zero-order valence-electron chi connectivity index (χ0n) is 5.67. The number of hydrogen-bond donors (Lipinski definition) is 1. The molecular weight excluding hydrogens is 292 g/mol. The minimum atomic E-state index is -1.06. The van der Waals surface area contributed by atoms with Crippen LogP contribution in [0.5, 0.6) is 5.75 Å². The highest BCUT2D eigenvalue weighted by Gasteiger charge is 2.05. The van der Waals surface area contributed by atoms with Gasteiger partial charge in [0.2, 0.25) is 0 Å². The summed E-state index contributed by atoms with van der Waals surface area (Å²) in [6.07, 6.45) is 0. The third-order valence-electron chi connectivity index (χ3n) is 1.25. The largest absolute Gasteiger partial charge is 0.871 e. The topological polar surface area (TPSA) is 60.4 Å². The second kappa shape index (κ2) is 3.45. The summed E-state index contributed by atoms with van der Waals surface area (Å²) in [6.45, 7) is 0. The van der Waals surface area contributed by atoms with Gasteiger partial charge in [0.05, 0.1) is 5.56 Å². The van der Waals surface area contributed by atoms with Crippen molar-refractivity contribution in [2.75, 3.05) is 0 Å². The Kier molecular flexibility index (Phi) is 2.74. The SMILES string of the molecule is O=C(O)c1cc(Br)c([O-])c(Br)c1. The van der Waals surface area contributed by atoms with E-state index in [9.17, 15) is 9.90 Å². The first-order chi connectivity index (χ1) is 5.52. The summed E-state index contributed by atoms with van der Waals surface area (Å²) in [5, 5.41) is 19.6. The Morgan fingerprint density at radius 3 is 2.08 bits per heavy atom. The van der Waals surface area contributed by atoms with E-state index in [1.165, 1.54) is 12.1 Å². The van der Waals surface area contributed by atoms with E-state index in [-0.39, 0.29) is 20.3 Å². The number of carboxylic acids is 1. The fraction of sp³-hybridized carbons (Fsp3) is 0. The molecule has 0 aliphatic carbocycles. The number of benzene rings is 1. The minimum Gasteiger partial charge on any atom is -0.871 e. The molecule has 0 spiro atoms. The second-order valence-corrected chi connectivity index (χ2v) is 3.78. The van der Waals surface area contributed by atoms with E-state index >= 15 is 0 Å². The fourth-order valence-corrected chi connectivity index (χ4v) is 1.87. The van der Waals surface area contributed by atoms with E-state index in [1.54, 1.807) is 0 Å². The van der Waals surface area contributed by atoms with Gasteiger partial charge in [0.25, 0.3) is 0 Å². The van der Waals surface area contributed by atoms with E-state index in [4.69, 9.17) is 5.11 Å². The smallest absolute Gasteiger partial charge is 0.335 e. The van der Waals surface area contributed by atoms with Crippen molar-refractivity contribution in [1.82, 2.24) is 0 Å². The molecule has 0 saturated carbocycles. The van der Waals surface area contributed by atoms with Crippen LogP contribution in [0, 0.1) is 0 Å². The predicted molar refractivity (Wildman–Crippen MR) is 48.2 cm³/mol. The molecule has 0 aromatic heterocycles. The lowest BCUT2D eigenvalue weighted by molar-refractivity contribution is -0.270. The Morgan fingerprint density at radius 1 is 1.33 bits per heavy atom. The molecule has 0 atom stereocenters. The van der Waals surface area contributed by atoms with Gasteiger partial charge in [0.1, 0.15) is 0 Å². The number of carbonyl (C=O) groups is 1. The van der Waals surface area contributed by atoms with Crippen molar-refractivity contribution in [3.05, 3.63) is 26.6 Å². The summed E-state index contributed by atoms with van der Waals surface area (Å²) in [5.41, 5.74) is 0.0772. The molecule has 0 radical (unpaired) electrons. The standard InChI is InChI=1S/C7H4Br2O3/c8-4-1-3(7(11)12)2-5(9)6(4)10/h1-2,10H,(H,11,12)/p-1. The Bertz CT molecular complexity index is 312. The van der Waals surface area contributed by atoms with Crippen LogP contribution in [0.15, 0.2) is 21.1 Å². The molecule has 0 fully saturated rings. The first-order valence-corrected chi connectivity index (χ1v) is 4.50. The molecule has 1 aromatic carbocycles. The van der Waals surface area contributed by atoms with Crippen molar-refractivity contribution >= 4 is 37.8 Å². The molecule has 0 aliphatic rings. The lowest BCUT2D eigenvalue weighted by Crippen LogP contribution is -1.99. The lowest BCUT2D eigenvalue weighted by Gasteiger charge is -2.11. The summed E-state index contributed by atoms with van der Waals surface area (Å²) in [5.74, 6) is -1.31. The maximum absolute atomic E-state index is 11.1. The lowest BCUT2D eigenvalue weighted by atomic mass is 10.2. The van der Waals surface area contributed by atoms with Crippen LogP contribution in [-0.4, -0.2) is 11.1 Å². The van der Waals surface area contributed by atoms with Crippen molar-refractivity contribution in [1.29, 1.82) is 0 Å². The van der Waals surface area contributed by atoms with Crippen LogP contribution in [0.2, 0.25) is 0 Å². The molecule has 1 aromatic rings. The van der Waals surface area contributed by atoms with Crippen LogP contribution in [-0.2, 0) is 0 Å². The first kappa shape index (κ1) is 9.54. The predicted octanol–water partition coefficient (Wildman–Crippen LogP) is 1.98. The Hall–Kier alpha value is -0.550. The van der Waals surface area contributed by atoms with E-state index < -0.39 is 5.97 Å². The van der Waals surface area contributed by atoms with Crippen molar-refractivity contribution in [3.8, 4) is 5.75 Å². The number of carboxylic acid groups (broad SMARTS) is 1. The van der Waals surface area contributed by atoms with Crippen molar-refractivity contribution in [2.45, 2.75) is 0 Å². The maximum Gasteiger partial charge on any atom is 0.335 e. The van der Waals surface area contributed by atoms with Crippen LogP contribution >= 0.6 is 31.9 Å². The molecule has 0 amide bonds. The molecule has 0 bridgehead atoms. The van der Waals surface area contributed by atoms with Crippen molar-refractivity contribution < 1.29 is 15.0 Å². The number of hydrogen-bond acceptors (Lipinski definition) is 2. The van der Waals surface area contributed by atoms with E-state index in [0.717, 1.165) is 0 Å². The molecule has 12 heavy (non-hydrogen) atoms. The molecule has 0 unspecified atom stereocenters.